The summed E-state index contributed by atoms with van der Waals surface area (Å²) in [5, 5.41) is 20.8. The minimum Gasteiger partial charge on any atom is -0.454 e. The number of fused-ring (bicyclic) bond motifs is 3. The maximum Gasteiger partial charge on any atom is 0.231 e. The average molecular weight is 289 g/mol. The van der Waals surface area contributed by atoms with E-state index in [0.717, 1.165) is 43.0 Å². The van der Waals surface area contributed by atoms with Crippen LogP contribution >= 0.6 is 0 Å². The maximum atomic E-state index is 10.6. The molecule has 2 fully saturated rings. The van der Waals surface area contributed by atoms with Crippen LogP contribution in [0, 0.1) is 5.92 Å². The summed E-state index contributed by atoms with van der Waals surface area (Å²) in [6, 6.07) is 4.43. The van der Waals surface area contributed by atoms with Crippen LogP contribution < -0.4 is 9.47 Å². The first kappa shape index (κ1) is 12.3. The Morgan fingerprint density at radius 3 is 2.81 bits per heavy atom. The van der Waals surface area contributed by atoms with E-state index in [0.29, 0.717) is 12.0 Å². The van der Waals surface area contributed by atoms with E-state index >= 15 is 0 Å². The summed E-state index contributed by atoms with van der Waals surface area (Å²) in [6.07, 6.45) is 0.531. The van der Waals surface area contributed by atoms with Crippen molar-refractivity contribution in [3.8, 4) is 11.5 Å². The van der Waals surface area contributed by atoms with E-state index in [1.54, 1.807) is 0 Å². The van der Waals surface area contributed by atoms with Gasteiger partial charge in [-0.25, -0.2) is 0 Å². The molecule has 0 aromatic heterocycles. The van der Waals surface area contributed by atoms with Gasteiger partial charge in [-0.15, -0.1) is 0 Å². The van der Waals surface area contributed by atoms with Crippen molar-refractivity contribution in [1.82, 2.24) is 4.90 Å². The van der Waals surface area contributed by atoms with Crippen molar-refractivity contribution in [3.05, 3.63) is 23.3 Å². The third-order valence-corrected chi connectivity index (χ3v) is 5.73. The van der Waals surface area contributed by atoms with Crippen LogP contribution in [-0.2, 0) is 6.54 Å². The van der Waals surface area contributed by atoms with Gasteiger partial charge in [0, 0.05) is 18.5 Å². The summed E-state index contributed by atoms with van der Waals surface area (Å²) in [5.41, 5.74) is 2.34. The number of nitrogens with zero attached hydrogens (tertiary/aromatic N) is 1. The predicted molar refractivity (Wildman–Crippen MR) is 74.2 cm³/mol. The van der Waals surface area contributed by atoms with Crippen molar-refractivity contribution in [2.24, 2.45) is 5.92 Å². The van der Waals surface area contributed by atoms with E-state index in [-0.39, 0.29) is 12.7 Å². The Bertz CT molecular complexity index is 604. The van der Waals surface area contributed by atoms with Gasteiger partial charge in [0.25, 0.3) is 0 Å². The molecule has 0 amide bonds. The van der Waals surface area contributed by atoms with Gasteiger partial charge >= 0.3 is 0 Å². The first-order valence-corrected chi connectivity index (χ1v) is 7.75. The quantitative estimate of drug-likeness (QED) is 0.741. The van der Waals surface area contributed by atoms with Gasteiger partial charge in [0.2, 0.25) is 6.79 Å². The fourth-order valence-corrected chi connectivity index (χ4v) is 4.84. The minimum atomic E-state index is -0.689. The number of rotatable bonds is 0. The molecule has 0 spiro atoms. The van der Waals surface area contributed by atoms with E-state index in [2.05, 4.69) is 11.0 Å². The molecule has 1 aromatic carbocycles. The van der Waals surface area contributed by atoms with Gasteiger partial charge in [-0.2, -0.15) is 0 Å². The van der Waals surface area contributed by atoms with Crippen LogP contribution in [-0.4, -0.2) is 46.7 Å². The molecular formula is C16H19NO4. The van der Waals surface area contributed by atoms with Crippen molar-refractivity contribution in [2.45, 2.75) is 43.6 Å². The molecule has 0 bridgehead atoms. The van der Waals surface area contributed by atoms with Gasteiger partial charge in [-0.05, 0) is 48.6 Å². The zero-order valence-electron chi connectivity index (χ0n) is 11.7. The monoisotopic (exact) mass is 289 g/mol. The highest BCUT2D eigenvalue weighted by molar-refractivity contribution is 5.52. The van der Waals surface area contributed by atoms with E-state index in [9.17, 15) is 10.2 Å². The zero-order chi connectivity index (χ0) is 14.1. The molecule has 1 aliphatic carbocycles. The molecule has 3 heterocycles. The van der Waals surface area contributed by atoms with Crippen LogP contribution in [0.15, 0.2) is 12.1 Å². The maximum absolute atomic E-state index is 10.6. The third-order valence-electron chi connectivity index (χ3n) is 5.73. The molecule has 21 heavy (non-hydrogen) atoms. The van der Waals surface area contributed by atoms with Crippen molar-refractivity contribution in [1.29, 1.82) is 0 Å². The largest absolute Gasteiger partial charge is 0.454 e. The molecular weight excluding hydrogens is 270 g/mol. The molecule has 4 aliphatic rings. The van der Waals surface area contributed by atoms with Crippen molar-refractivity contribution < 1.29 is 19.7 Å². The Morgan fingerprint density at radius 2 is 1.95 bits per heavy atom. The normalized spacial score (nSPS) is 40.0. The van der Waals surface area contributed by atoms with Crippen LogP contribution in [0.4, 0.5) is 0 Å². The second-order valence-corrected chi connectivity index (χ2v) is 6.73. The SMILES string of the molecule is O[C@H]1[C@H]2c3cc4c(cc3CN3CC[C@H](C[C@H]1O)[C@H]23)OCO4. The molecule has 1 saturated heterocycles. The number of aliphatic hydroxyl groups excluding tert-OH is 2. The Hall–Kier alpha value is -1.30. The molecule has 0 unspecified atom stereocenters. The van der Waals surface area contributed by atoms with Crippen LogP contribution in [0.25, 0.3) is 0 Å². The van der Waals surface area contributed by atoms with E-state index in [1.807, 2.05) is 6.07 Å². The highest BCUT2D eigenvalue weighted by Gasteiger charge is 2.52. The average Bonchev–Trinajstić information content (AvgIpc) is 3.08. The summed E-state index contributed by atoms with van der Waals surface area (Å²) >= 11 is 0. The fourth-order valence-electron chi connectivity index (χ4n) is 4.84. The second kappa shape index (κ2) is 4.12. The molecule has 1 aromatic rings. The van der Waals surface area contributed by atoms with Crippen LogP contribution in [0.5, 0.6) is 11.5 Å². The first-order chi connectivity index (χ1) is 10.2. The van der Waals surface area contributed by atoms with Crippen molar-refractivity contribution in [3.63, 3.8) is 0 Å². The first-order valence-electron chi connectivity index (χ1n) is 7.75. The zero-order valence-corrected chi connectivity index (χ0v) is 11.7. The van der Waals surface area contributed by atoms with Gasteiger partial charge in [0.05, 0.1) is 12.2 Å². The third kappa shape index (κ3) is 1.57. The molecule has 5 nitrogen and oxygen atoms in total. The Kier molecular flexibility index (Phi) is 2.41. The van der Waals surface area contributed by atoms with Gasteiger partial charge < -0.3 is 19.7 Å². The predicted octanol–water partition coefficient (Wildman–Crippen LogP) is 0.828. The van der Waals surface area contributed by atoms with Gasteiger partial charge in [0.15, 0.2) is 11.5 Å². The van der Waals surface area contributed by atoms with Crippen LogP contribution in [0.2, 0.25) is 0 Å². The number of aliphatic hydroxyl groups is 2. The topological polar surface area (TPSA) is 62.2 Å². The number of hydrogen-bond acceptors (Lipinski definition) is 5. The van der Waals surface area contributed by atoms with E-state index in [1.165, 1.54) is 5.56 Å². The number of benzene rings is 1. The summed E-state index contributed by atoms with van der Waals surface area (Å²) in [6.45, 7) is 2.23. The molecule has 5 atom stereocenters. The van der Waals surface area contributed by atoms with Gasteiger partial charge in [-0.1, -0.05) is 0 Å². The molecule has 5 rings (SSSR count). The van der Waals surface area contributed by atoms with Crippen molar-refractivity contribution in [2.75, 3.05) is 13.3 Å². The minimum absolute atomic E-state index is 0.0144. The summed E-state index contributed by atoms with van der Waals surface area (Å²) in [7, 11) is 0. The lowest BCUT2D eigenvalue weighted by Gasteiger charge is -2.47. The Morgan fingerprint density at radius 1 is 1.14 bits per heavy atom. The molecule has 112 valence electrons. The Labute approximate surface area is 123 Å². The van der Waals surface area contributed by atoms with Gasteiger partial charge in [-0.3, -0.25) is 4.90 Å². The van der Waals surface area contributed by atoms with Crippen molar-refractivity contribution >= 4 is 0 Å². The molecule has 1 saturated carbocycles. The lowest BCUT2D eigenvalue weighted by Crippen LogP contribution is -2.53. The standard InChI is InChI=1S/C16H19NO4/c18-11-3-8-1-2-17-6-9-4-12-13(21-7-20-12)5-10(9)14(15(8)17)16(11)19/h4-5,8,11,14-16,18-19H,1-3,6-7H2/t8-,11-,14+,15-,16-/m1/s1. The molecule has 0 radical (unpaired) electrons. The molecule has 3 aliphatic heterocycles. The fraction of sp³-hybridized carbons (Fsp3) is 0.625. The van der Waals surface area contributed by atoms with Crippen LogP contribution in [0.1, 0.15) is 29.9 Å². The highest BCUT2D eigenvalue weighted by Crippen LogP contribution is 2.51. The molecule has 5 heteroatoms. The van der Waals surface area contributed by atoms with Gasteiger partial charge in [0.1, 0.15) is 0 Å². The van der Waals surface area contributed by atoms with E-state index in [4.69, 9.17) is 9.47 Å². The summed E-state index contributed by atoms with van der Waals surface area (Å²) in [4.78, 5) is 2.47. The molecule has 2 N–H and O–H groups in total. The summed E-state index contributed by atoms with van der Waals surface area (Å²) < 4.78 is 11.0. The smallest absolute Gasteiger partial charge is 0.231 e. The van der Waals surface area contributed by atoms with Crippen LogP contribution in [0.3, 0.4) is 0 Å². The summed E-state index contributed by atoms with van der Waals surface area (Å²) in [5.74, 6) is 2.05. The number of hydrogen-bond donors (Lipinski definition) is 2. The lowest BCUT2D eigenvalue weighted by molar-refractivity contribution is -0.0657. The van der Waals surface area contributed by atoms with E-state index < -0.39 is 12.2 Å². The lowest BCUT2D eigenvalue weighted by atomic mass is 9.68. The second-order valence-electron chi connectivity index (χ2n) is 6.73. The number of ether oxygens (including phenoxy) is 2. The Balaban J connectivity index is 1.66. The highest BCUT2D eigenvalue weighted by atomic mass is 16.7.